The van der Waals surface area contributed by atoms with Crippen LogP contribution in [-0.2, 0) is 13.0 Å². The number of anilines is 1. The molecule has 0 aliphatic rings. The highest BCUT2D eigenvalue weighted by Gasteiger charge is 2.26. The molecule has 2 aromatic heterocycles. The molecule has 0 aliphatic carbocycles. The van der Waals surface area contributed by atoms with Crippen molar-refractivity contribution >= 4 is 32.6 Å². The summed E-state index contributed by atoms with van der Waals surface area (Å²) in [4.78, 5) is 20.0. The predicted octanol–water partition coefficient (Wildman–Crippen LogP) is 5.32. The SMILES string of the molecule is CCc1ccc2nc(N(Cc3ccco3)C(=O)c3cc(OC)ccc3OC)sc2c1. The van der Waals surface area contributed by atoms with Gasteiger partial charge in [0.2, 0.25) is 0 Å². The second-order valence-corrected chi connectivity index (χ2v) is 7.70. The molecule has 0 saturated heterocycles. The minimum absolute atomic E-state index is 0.239. The largest absolute Gasteiger partial charge is 0.497 e. The van der Waals surface area contributed by atoms with Crippen molar-refractivity contribution in [3.8, 4) is 11.5 Å². The van der Waals surface area contributed by atoms with E-state index in [1.165, 1.54) is 16.9 Å². The molecular weight excluding hydrogens is 400 g/mol. The van der Waals surface area contributed by atoms with E-state index < -0.39 is 0 Å². The van der Waals surface area contributed by atoms with E-state index in [1.807, 2.05) is 12.1 Å². The van der Waals surface area contributed by atoms with Gasteiger partial charge in [-0.3, -0.25) is 9.69 Å². The number of benzene rings is 2. The maximum atomic E-state index is 13.6. The lowest BCUT2D eigenvalue weighted by molar-refractivity contribution is 0.0980. The fourth-order valence-electron chi connectivity index (χ4n) is 3.20. The normalized spacial score (nSPS) is 10.9. The number of carbonyl (C=O) groups is 1. The van der Waals surface area contributed by atoms with Gasteiger partial charge in [0.25, 0.3) is 5.91 Å². The zero-order chi connectivity index (χ0) is 21.1. The maximum Gasteiger partial charge on any atom is 0.264 e. The molecule has 7 heteroatoms. The van der Waals surface area contributed by atoms with Gasteiger partial charge in [-0.2, -0.15) is 0 Å². The van der Waals surface area contributed by atoms with Crippen LogP contribution >= 0.6 is 11.3 Å². The number of aromatic nitrogens is 1. The van der Waals surface area contributed by atoms with Crippen molar-refractivity contribution in [1.29, 1.82) is 0 Å². The van der Waals surface area contributed by atoms with Crippen molar-refractivity contribution in [2.45, 2.75) is 19.9 Å². The number of carbonyl (C=O) groups excluding carboxylic acids is 1. The topological polar surface area (TPSA) is 64.8 Å². The molecule has 0 aliphatic heterocycles. The van der Waals surface area contributed by atoms with Gasteiger partial charge in [-0.05, 0) is 54.4 Å². The second-order valence-electron chi connectivity index (χ2n) is 6.69. The minimum atomic E-state index is -0.239. The molecule has 6 nitrogen and oxygen atoms in total. The van der Waals surface area contributed by atoms with Crippen molar-refractivity contribution in [2.24, 2.45) is 0 Å². The molecule has 0 fully saturated rings. The number of thiazole rings is 1. The fraction of sp³-hybridized carbons (Fsp3) is 0.217. The Morgan fingerprint density at radius 2 is 2.00 bits per heavy atom. The highest BCUT2D eigenvalue weighted by molar-refractivity contribution is 7.22. The molecule has 2 heterocycles. The number of amides is 1. The number of hydrogen-bond donors (Lipinski definition) is 0. The Hall–Kier alpha value is -3.32. The summed E-state index contributed by atoms with van der Waals surface area (Å²) in [5.41, 5.74) is 2.50. The smallest absolute Gasteiger partial charge is 0.264 e. The van der Waals surface area contributed by atoms with Crippen molar-refractivity contribution < 1.29 is 18.7 Å². The van der Waals surface area contributed by atoms with Crippen LogP contribution in [0.15, 0.2) is 59.2 Å². The summed E-state index contributed by atoms with van der Waals surface area (Å²) in [7, 11) is 3.11. The lowest BCUT2D eigenvalue weighted by atomic mass is 10.1. The first kappa shape index (κ1) is 20.0. The molecule has 4 aromatic rings. The van der Waals surface area contributed by atoms with E-state index in [0.717, 1.165) is 16.6 Å². The van der Waals surface area contributed by atoms with Gasteiger partial charge in [0.1, 0.15) is 17.3 Å². The molecule has 0 unspecified atom stereocenters. The Kier molecular flexibility index (Phi) is 5.72. The van der Waals surface area contributed by atoms with Crippen LogP contribution in [0.25, 0.3) is 10.2 Å². The number of hydrogen-bond acceptors (Lipinski definition) is 6. The highest BCUT2D eigenvalue weighted by Crippen LogP contribution is 2.33. The van der Waals surface area contributed by atoms with E-state index in [1.54, 1.807) is 49.6 Å². The van der Waals surface area contributed by atoms with Crippen molar-refractivity contribution in [3.05, 3.63) is 71.7 Å². The van der Waals surface area contributed by atoms with Gasteiger partial charge in [0.15, 0.2) is 5.13 Å². The summed E-state index contributed by atoms with van der Waals surface area (Å²) in [5.74, 6) is 1.48. The van der Waals surface area contributed by atoms with Crippen molar-refractivity contribution in [2.75, 3.05) is 19.1 Å². The van der Waals surface area contributed by atoms with Crippen LogP contribution in [0.5, 0.6) is 11.5 Å². The second kappa shape index (κ2) is 8.59. The standard InChI is InChI=1S/C23H22N2O4S/c1-4-15-7-9-19-21(12-15)30-23(24-19)25(14-17-6-5-11-29-17)22(26)18-13-16(27-2)8-10-20(18)28-3/h5-13H,4,14H2,1-3H3. The molecule has 1 amide bonds. The Morgan fingerprint density at radius 1 is 1.13 bits per heavy atom. The van der Waals surface area contributed by atoms with Gasteiger partial charge >= 0.3 is 0 Å². The average molecular weight is 423 g/mol. The quantitative estimate of drug-likeness (QED) is 0.403. The molecule has 0 spiro atoms. The maximum absolute atomic E-state index is 13.6. The minimum Gasteiger partial charge on any atom is -0.497 e. The number of nitrogens with zero attached hydrogens (tertiary/aromatic N) is 2. The summed E-state index contributed by atoms with van der Waals surface area (Å²) in [6.07, 6.45) is 2.54. The van der Waals surface area contributed by atoms with Crippen molar-refractivity contribution in [3.63, 3.8) is 0 Å². The molecule has 30 heavy (non-hydrogen) atoms. The van der Waals surface area contributed by atoms with Crippen LogP contribution in [0.2, 0.25) is 0 Å². The monoisotopic (exact) mass is 422 g/mol. The average Bonchev–Trinajstić information content (AvgIpc) is 3.45. The predicted molar refractivity (Wildman–Crippen MR) is 118 cm³/mol. The first-order valence-corrected chi connectivity index (χ1v) is 10.4. The molecule has 4 rings (SSSR count). The van der Waals surface area contributed by atoms with E-state index in [-0.39, 0.29) is 12.5 Å². The molecular formula is C23H22N2O4S. The lowest BCUT2D eigenvalue weighted by Crippen LogP contribution is -2.30. The van der Waals surface area contributed by atoms with Crippen LogP contribution in [0.1, 0.15) is 28.6 Å². The van der Waals surface area contributed by atoms with Crippen molar-refractivity contribution in [1.82, 2.24) is 4.98 Å². The molecule has 0 atom stereocenters. The lowest BCUT2D eigenvalue weighted by Gasteiger charge is -2.20. The zero-order valence-corrected chi connectivity index (χ0v) is 17.9. The van der Waals surface area contributed by atoms with Crippen LogP contribution < -0.4 is 14.4 Å². The van der Waals surface area contributed by atoms with Gasteiger partial charge < -0.3 is 13.9 Å². The third kappa shape index (κ3) is 3.89. The highest BCUT2D eigenvalue weighted by atomic mass is 32.1. The molecule has 0 bridgehead atoms. The molecule has 2 aromatic carbocycles. The number of rotatable bonds is 7. The van der Waals surface area contributed by atoms with Crippen LogP contribution in [0.3, 0.4) is 0 Å². The number of fused-ring (bicyclic) bond motifs is 1. The zero-order valence-electron chi connectivity index (χ0n) is 17.0. The number of aryl methyl sites for hydroxylation is 1. The molecule has 0 radical (unpaired) electrons. The van der Waals surface area contributed by atoms with E-state index in [0.29, 0.717) is 28.0 Å². The van der Waals surface area contributed by atoms with Crippen LogP contribution in [-0.4, -0.2) is 25.1 Å². The van der Waals surface area contributed by atoms with Crippen LogP contribution in [0, 0.1) is 0 Å². The van der Waals surface area contributed by atoms with Crippen LogP contribution in [0.4, 0.5) is 5.13 Å². The third-order valence-electron chi connectivity index (χ3n) is 4.86. The fourth-order valence-corrected chi connectivity index (χ4v) is 4.23. The Labute approximate surface area is 178 Å². The Morgan fingerprint density at radius 3 is 2.70 bits per heavy atom. The van der Waals surface area contributed by atoms with Gasteiger partial charge in [-0.15, -0.1) is 0 Å². The molecule has 154 valence electrons. The third-order valence-corrected chi connectivity index (χ3v) is 5.90. The van der Waals surface area contributed by atoms with E-state index in [4.69, 9.17) is 18.9 Å². The summed E-state index contributed by atoms with van der Waals surface area (Å²) in [5, 5.41) is 0.601. The molecule has 0 saturated carbocycles. The Balaban J connectivity index is 1.80. The van der Waals surface area contributed by atoms with E-state index in [2.05, 4.69) is 19.1 Å². The number of ether oxygens (including phenoxy) is 2. The first-order chi connectivity index (χ1) is 14.6. The van der Waals surface area contributed by atoms with E-state index >= 15 is 0 Å². The van der Waals surface area contributed by atoms with Gasteiger partial charge in [-0.1, -0.05) is 24.3 Å². The van der Waals surface area contributed by atoms with Gasteiger partial charge in [-0.25, -0.2) is 4.98 Å². The van der Waals surface area contributed by atoms with Gasteiger partial charge in [0, 0.05) is 0 Å². The summed E-state index contributed by atoms with van der Waals surface area (Å²) < 4.78 is 17.3. The first-order valence-electron chi connectivity index (χ1n) is 9.58. The summed E-state index contributed by atoms with van der Waals surface area (Å²) >= 11 is 1.48. The van der Waals surface area contributed by atoms with Gasteiger partial charge in [0.05, 0.1) is 42.8 Å². The number of methoxy groups -OCH3 is 2. The van der Waals surface area contributed by atoms with E-state index in [9.17, 15) is 4.79 Å². The molecule has 0 N–H and O–H groups in total. The number of furan rings is 1. The summed E-state index contributed by atoms with van der Waals surface area (Å²) in [6, 6.07) is 15.0. The summed E-state index contributed by atoms with van der Waals surface area (Å²) in [6.45, 7) is 2.37. The Bertz CT molecular complexity index is 1170.